The van der Waals surface area contributed by atoms with Gasteiger partial charge >= 0.3 is 0 Å². The molecule has 0 amide bonds. The van der Waals surface area contributed by atoms with Gasteiger partial charge in [0.15, 0.2) is 0 Å². The maximum absolute atomic E-state index is 11.7. The molecule has 1 aliphatic heterocycles. The van der Waals surface area contributed by atoms with Crippen LogP contribution in [0.15, 0.2) is 29.2 Å². The molecule has 4 nitrogen and oxygen atoms in total. The first-order valence-electron chi connectivity index (χ1n) is 8.44. The maximum atomic E-state index is 11.7. The van der Waals surface area contributed by atoms with Crippen LogP contribution in [0, 0.1) is 5.92 Å². The van der Waals surface area contributed by atoms with E-state index in [-0.39, 0.29) is 5.56 Å². The summed E-state index contributed by atoms with van der Waals surface area (Å²) in [6.45, 7) is 5.12. The van der Waals surface area contributed by atoms with E-state index in [0.29, 0.717) is 6.04 Å². The van der Waals surface area contributed by atoms with Crippen LogP contribution in [0.2, 0.25) is 0 Å². The molecule has 3 rings (SSSR count). The van der Waals surface area contributed by atoms with E-state index in [2.05, 4.69) is 10.2 Å². The van der Waals surface area contributed by atoms with Crippen molar-refractivity contribution in [2.24, 2.45) is 5.92 Å². The van der Waals surface area contributed by atoms with Crippen molar-refractivity contribution in [1.82, 2.24) is 14.8 Å². The predicted octanol–water partition coefficient (Wildman–Crippen LogP) is 1.70. The standard InChI is InChI=1S/C17H27N3O/c21-17-8-4-5-10-20(17)13-12-19-11-9-18-16(14-19)15-6-2-1-3-7-15/h4-5,8,10,15-16,18H,1-3,6-7,9,11-14H2. The number of hydrogen-bond donors (Lipinski definition) is 1. The Labute approximate surface area is 127 Å². The minimum atomic E-state index is 0.108. The minimum Gasteiger partial charge on any atom is -0.314 e. The van der Waals surface area contributed by atoms with Crippen LogP contribution in [0.25, 0.3) is 0 Å². The third kappa shape index (κ3) is 3.95. The van der Waals surface area contributed by atoms with Gasteiger partial charge in [0.2, 0.25) is 0 Å². The molecule has 1 saturated heterocycles. The minimum absolute atomic E-state index is 0.108. The molecule has 2 heterocycles. The smallest absolute Gasteiger partial charge is 0.250 e. The molecule has 0 radical (unpaired) electrons. The Hall–Kier alpha value is -1.13. The van der Waals surface area contributed by atoms with Crippen molar-refractivity contribution in [2.75, 3.05) is 26.2 Å². The highest BCUT2D eigenvalue weighted by atomic mass is 16.1. The maximum Gasteiger partial charge on any atom is 0.250 e. The molecule has 116 valence electrons. The van der Waals surface area contributed by atoms with Crippen molar-refractivity contribution < 1.29 is 0 Å². The summed E-state index contributed by atoms with van der Waals surface area (Å²) in [6, 6.07) is 6.04. The van der Waals surface area contributed by atoms with E-state index in [1.54, 1.807) is 6.07 Å². The van der Waals surface area contributed by atoms with E-state index in [4.69, 9.17) is 0 Å². The molecule has 1 N–H and O–H groups in total. The summed E-state index contributed by atoms with van der Waals surface area (Å²) in [7, 11) is 0. The van der Waals surface area contributed by atoms with Crippen LogP contribution >= 0.6 is 0 Å². The van der Waals surface area contributed by atoms with Crippen LogP contribution in [-0.2, 0) is 6.54 Å². The lowest BCUT2D eigenvalue weighted by molar-refractivity contribution is 0.142. The van der Waals surface area contributed by atoms with Gasteiger partial charge in [-0.3, -0.25) is 9.69 Å². The molecule has 2 aliphatic rings. The molecule has 1 aliphatic carbocycles. The highest BCUT2D eigenvalue weighted by Crippen LogP contribution is 2.27. The van der Waals surface area contributed by atoms with Crippen LogP contribution in [0.3, 0.4) is 0 Å². The summed E-state index contributed by atoms with van der Waals surface area (Å²) in [4.78, 5) is 14.3. The fourth-order valence-electron chi connectivity index (χ4n) is 3.79. The molecular formula is C17H27N3O. The van der Waals surface area contributed by atoms with Gasteiger partial charge in [-0.25, -0.2) is 0 Å². The van der Waals surface area contributed by atoms with Crippen LogP contribution in [0.4, 0.5) is 0 Å². The number of nitrogens with one attached hydrogen (secondary N) is 1. The first kappa shape index (κ1) is 14.8. The molecule has 4 heteroatoms. The van der Waals surface area contributed by atoms with Gasteiger partial charge in [0, 0.05) is 51.0 Å². The number of nitrogens with zero attached hydrogens (tertiary/aromatic N) is 2. The lowest BCUT2D eigenvalue weighted by atomic mass is 9.83. The van der Waals surface area contributed by atoms with Crippen LogP contribution < -0.4 is 10.9 Å². The third-order valence-corrected chi connectivity index (χ3v) is 5.06. The van der Waals surface area contributed by atoms with Crippen molar-refractivity contribution in [3.05, 3.63) is 34.7 Å². The zero-order valence-corrected chi connectivity index (χ0v) is 12.8. The Morgan fingerprint density at radius 2 is 2.00 bits per heavy atom. The van der Waals surface area contributed by atoms with Gasteiger partial charge in [-0.15, -0.1) is 0 Å². The van der Waals surface area contributed by atoms with Crippen molar-refractivity contribution in [2.45, 2.75) is 44.7 Å². The second-order valence-electron chi connectivity index (χ2n) is 6.49. The Morgan fingerprint density at radius 1 is 1.14 bits per heavy atom. The second kappa shape index (κ2) is 7.23. The lowest BCUT2D eigenvalue weighted by Crippen LogP contribution is -2.54. The number of hydrogen-bond acceptors (Lipinski definition) is 3. The number of piperazine rings is 1. The van der Waals surface area contributed by atoms with Crippen molar-refractivity contribution >= 4 is 0 Å². The molecule has 1 unspecified atom stereocenters. The SMILES string of the molecule is O=c1ccccn1CCN1CCNC(C2CCCCC2)C1. The molecule has 21 heavy (non-hydrogen) atoms. The van der Waals surface area contributed by atoms with E-state index < -0.39 is 0 Å². The summed E-state index contributed by atoms with van der Waals surface area (Å²) in [5.74, 6) is 0.862. The topological polar surface area (TPSA) is 37.3 Å². The first-order chi connectivity index (χ1) is 10.3. The Balaban J connectivity index is 1.51. The van der Waals surface area contributed by atoms with Gasteiger partial charge in [0.25, 0.3) is 5.56 Å². The molecule has 1 saturated carbocycles. The molecule has 0 bridgehead atoms. The summed E-state index contributed by atoms with van der Waals surface area (Å²) in [6.07, 6.45) is 8.91. The summed E-state index contributed by atoms with van der Waals surface area (Å²) in [5.41, 5.74) is 0.108. The van der Waals surface area contributed by atoms with Gasteiger partial charge < -0.3 is 9.88 Å². The molecule has 0 spiro atoms. The molecule has 2 fully saturated rings. The Bertz CT molecular complexity index is 493. The zero-order valence-electron chi connectivity index (χ0n) is 12.8. The number of aromatic nitrogens is 1. The van der Waals surface area contributed by atoms with Crippen LogP contribution in [-0.4, -0.2) is 41.7 Å². The van der Waals surface area contributed by atoms with Crippen molar-refractivity contribution in [3.63, 3.8) is 0 Å². The molecule has 1 aromatic rings. The van der Waals surface area contributed by atoms with Crippen LogP contribution in [0.1, 0.15) is 32.1 Å². The predicted molar refractivity (Wildman–Crippen MR) is 85.5 cm³/mol. The van der Waals surface area contributed by atoms with E-state index >= 15 is 0 Å². The van der Waals surface area contributed by atoms with E-state index in [1.807, 2.05) is 22.9 Å². The summed E-state index contributed by atoms with van der Waals surface area (Å²) >= 11 is 0. The molecule has 1 aromatic heterocycles. The van der Waals surface area contributed by atoms with Gasteiger partial charge in [0.05, 0.1) is 0 Å². The highest BCUT2D eigenvalue weighted by Gasteiger charge is 2.27. The number of pyridine rings is 1. The van der Waals surface area contributed by atoms with Gasteiger partial charge in [-0.1, -0.05) is 25.3 Å². The average Bonchev–Trinajstić information content (AvgIpc) is 2.55. The first-order valence-corrected chi connectivity index (χ1v) is 8.44. The van der Waals surface area contributed by atoms with E-state index in [1.165, 1.54) is 32.1 Å². The lowest BCUT2D eigenvalue weighted by Gasteiger charge is -2.39. The molecule has 1 atom stereocenters. The second-order valence-corrected chi connectivity index (χ2v) is 6.49. The molecular weight excluding hydrogens is 262 g/mol. The average molecular weight is 289 g/mol. The van der Waals surface area contributed by atoms with Crippen LogP contribution in [0.5, 0.6) is 0 Å². The fraction of sp³-hybridized carbons (Fsp3) is 0.706. The van der Waals surface area contributed by atoms with Gasteiger partial charge in [-0.05, 0) is 24.8 Å². The van der Waals surface area contributed by atoms with Crippen molar-refractivity contribution in [3.8, 4) is 0 Å². The third-order valence-electron chi connectivity index (χ3n) is 5.06. The largest absolute Gasteiger partial charge is 0.314 e. The summed E-state index contributed by atoms with van der Waals surface area (Å²) < 4.78 is 1.82. The van der Waals surface area contributed by atoms with Gasteiger partial charge in [-0.2, -0.15) is 0 Å². The highest BCUT2D eigenvalue weighted by molar-refractivity contribution is 4.93. The number of rotatable bonds is 4. The van der Waals surface area contributed by atoms with Gasteiger partial charge in [0.1, 0.15) is 0 Å². The molecule has 0 aromatic carbocycles. The Morgan fingerprint density at radius 3 is 2.81 bits per heavy atom. The van der Waals surface area contributed by atoms with E-state index in [0.717, 1.165) is 38.6 Å². The quantitative estimate of drug-likeness (QED) is 0.917. The van der Waals surface area contributed by atoms with E-state index in [9.17, 15) is 4.79 Å². The normalized spacial score (nSPS) is 25.0. The fourth-order valence-corrected chi connectivity index (χ4v) is 3.79. The van der Waals surface area contributed by atoms with Crippen molar-refractivity contribution in [1.29, 1.82) is 0 Å². The summed E-state index contributed by atoms with van der Waals surface area (Å²) in [5, 5.41) is 3.72. The zero-order chi connectivity index (χ0) is 14.5. The monoisotopic (exact) mass is 289 g/mol. The Kier molecular flexibility index (Phi) is 5.09.